The summed E-state index contributed by atoms with van der Waals surface area (Å²) in [6, 6.07) is 8.33. The molecular weight excluding hydrogens is 234 g/mol. The average Bonchev–Trinajstić information content (AvgIpc) is 2.38. The molecule has 94 valence electrons. The maximum atomic E-state index is 6.00. The van der Waals surface area contributed by atoms with Gasteiger partial charge in [0.05, 0.1) is 5.52 Å². The summed E-state index contributed by atoms with van der Waals surface area (Å²) < 4.78 is 0. The summed E-state index contributed by atoms with van der Waals surface area (Å²) in [5.74, 6) is 0.486. The molecule has 0 radical (unpaired) electrons. The quantitative estimate of drug-likeness (QED) is 0.669. The molecule has 0 spiro atoms. The molecule has 0 amide bonds. The summed E-state index contributed by atoms with van der Waals surface area (Å²) >= 11 is 0. The maximum Gasteiger partial charge on any atom is 0.150 e. The Labute approximate surface area is 111 Å². The molecule has 0 aliphatic rings. The summed E-state index contributed by atoms with van der Waals surface area (Å²) in [6.45, 7) is 4.04. The Balaban J connectivity index is 2.46. The van der Waals surface area contributed by atoms with Crippen LogP contribution in [0.5, 0.6) is 0 Å². The normalized spacial score (nSPS) is 11.7. The summed E-state index contributed by atoms with van der Waals surface area (Å²) in [5.41, 5.74) is 9.94. The van der Waals surface area contributed by atoms with E-state index in [1.54, 1.807) is 0 Å². The molecule has 0 saturated carbocycles. The lowest BCUT2D eigenvalue weighted by Gasteiger charge is -2.07. The fraction of sp³-hybridized carbons (Fsp3) is 0.125. The molecule has 3 heteroatoms. The second-order valence-corrected chi connectivity index (χ2v) is 4.68. The van der Waals surface area contributed by atoms with Gasteiger partial charge in [0.25, 0.3) is 0 Å². The summed E-state index contributed by atoms with van der Waals surface area (Å²) in [5, 5.41) is 2.15. The SMILES string of the molecule is CC=Cc1cnc2c(N)nc3cc(C)ccc3c2c1. The van der Waals surface area contributed by atoms with Crippen molar-refractivity contribution in [2.75, 3.05) is 5.73 Å². The van der Waals surface area contributed by atoms with Crippen molar-refractivity contribution in [2.24, 2.45) is 0 Å². The van der Waals surface area contributed by atoms with Gasteiger partial charge in [0.15, 0.2) is 5.82 Å². The Bertz CT molecular complexity index is 804. The monoisotopic (exact) mass is 249 g/mol. The second-order valence-electron chi connectivity index (χ2n) is 4.68. The number of fused-ring (bicyclic) bond motifs is 3. The molecule has 19 heavy (non-hydrogen) atoms. The van der Waals surface area contributed by atoms with E-state index in [-0.39, 0.29) is 0 Å². The molecule has 1 aromatic carbocycles. The van der Waals surface area contributed by atoms with Crippen molar-refractivity contribution in [1.82, 2.24) is 9.97 Å². The molecule has 3 aromatic rings. The first-order valence-electron chi connectivity index (χ1n) is 6.27. The summed E-state index contributed by atoms with van der Waals surface area (Å²) in [7, 11) is 0. The van der Waals surface area contributed by atoms with Crippen LogP contribution in [0.2, 0.25) is 0 Å². The highest BCUT2D eigenvalue weighted by atomic mass is 14.9. The standard InChI is InChI=1S/C16H15N3/c1-3-4-11-8-13-12-6-5-10(2)7-14(12)19-16(17)15(13)18-9-11/h3-9H,1-2H3,(H2,17,19). The number of pyridine rings is 2. The van der Waals surface area contributed by atoms with Gasteiger partial charge < -0.3 is 5.73 Å². The van der Waals surface area contributed by atoms with Crippen molar-refractivity contribution < 1.29 is 0 Å². The van der Waals surface area contributed by atoms with Crippen LogP contribution in [0.3, 0.4) is 0 Å². The third-order valence-corrected chi connectivity index (χ3v) is 3.19. The fourth-order valence-corrected chi connectivity index (χ4v) is 2.32. The Morgan fingerprint density at radius 3 is 2.79 bits per heavy atom. The number of nitrogens with two attached hydrogens (primary N) is 1. The zero-order valence-corrected chi connectivity index (χ0v) is 11.0. The fourth-order valence-electron chi connectivity index (χ4n) is 2.32. The highest BCUT2D eigenvalue weighted by molar-refractivity contribution is 6.08. The molecule has 2 aromatic heterocycles. The van der Waals surface area contributed by atoms with Crippen LogP contribution in [0.4, 0.5) is 5.82 Å². The smallest absolute Gasteiger partial charge is 0.150 e. The number of anilines is 1. The van der Waals surface area contributed by atoms with Crippen molar-refractivity contribution in [3.63, 3.8) is 0 Å². The van der Waals surface area contributed by atoms with Crippen molar-refractivity contribution in [3.8, 4) is 0 Å². The molecule has 0 fully saturated rings. The van der Waals surface area contributed by atoms with Gasteiger partial charge in [-0.25, -0.2) is 4.98 Å². The number of benzene rings is 1. The highest BCUT2D eigenvalue weighted by Gasteiger charge is 2.07. The van der Waals surface area contributed by atoms with E-state index >= 15 is 0 Å². The number of hydrogen-bond acceptors (Lipinski definition) is 3. The van der Waals surface area contributed by atoms with Gasteiger partial charge in [-0.05, 0) is 37.1 Å². The molecule has 0 aliphatic carbocycles. The molecular formula is C16H15N3. The van der Waals surface area contributed by atoms with Crippen molar-refractivity contribution >= 4 is 33.7 Å². The summed E-state index contributed by atoms with van der Waals surface area (Å²) in [6.07, 6.45) is 5.85. The zero-order valence-electron chi connectivity index (χ0n) is 11.0. The van der Waals surface area contributed by atoms with E-state index in [1.165, 1.54) is 5.56 Å². The molecule has 2 heterocycles. The van der Waals surface area contributed by atoms with Crippen LogP contribution in [0, 0.1) is 6.92 Å². The van der Waals surface area contributed by atoms with Gasteiger partial charge in [0, 0.05) is 17.0 Å². The first-order chi connectivity index (χ1) is 9.19. The molecule has 0 atom stereocenters. The van der Waals surface area contributed by atoms with Crippen molar-refractivity contribution in [3.05, 3.63) is 47.7 Å². The van der Waals surface area contributed by atoms with Gasteiger partial charge in [-0.3, -0.25) is 4.98 Å². The Morgan fingerprint density at radius 1 is 1.16 bits per heavy atom. The van der Waals surface area contributed by atoms with E-state index < -0.39 is 0 Å². The molecule has 0 bridgehead atoms. The molecule has 0 aliphatic heterocycles. The number of aryl methyl sites for hydroxylation is 1. The van der Waals surface area contributed by atoms with Crippen molar-refractivity contribution in [1.29, 1.82) is 0 Å². The lowest BCUT2D eigenvalue weighted by Crippen LogP contribution is -1.96. The Kier molecular flexibility index (Phi) is 2.67. The molecule has 3 rings (SSSR count). The van der Waals surface area contributed by atoms with Crippen LogP contribution in [0.25, 0.3) is 27.9 Å². The predicted octanol–water partition coefficient (Wildman–Crippen LogP) is 3.71. The van der Waals surface area contributed by atoms with E-state index in [2.05, 4.69) is 35.1 Å². The number of nitrogen functional groups attached to an aromatic ring is 1. The third kappa shape index (κ3) is 1.93. The minimum atomic E-state index is 0.486. The van der Waals surface area contributed by atoms with Crippen LogP contribution >= 0.6 is 0 Å². The van der Waals surface area contributed by atoms with Gasteiger partial charge in [-0.2, -0.15) is 0 Å². The van der Waals surface area contributed by atoms with Crippen LogP contribution in [0.1, 0.15) is 18.1 Å². The largest absolute Gasteiger partial charge is 0.382 e. The number of rotatable bonds is 1. The van der Waals surface area contributed by atoms with Gasteiger partial charge in [0.2, 0.25) is 0 Å². The number of hydrogen-bond donors (Lipinski definition) is 1. The van der Waals surface area contributed by atoms with Crippen LogP contribution < -0.4 is 5.73 Å². The van der Waals surface area contributed by atoms with Crippen LogP contribution in [-0.4, -0.2) is 9.97 Å². The van der Waals surface area contributed by atoms with E-state index in [9.17, 15) is 0 Å². The van der Waals surface area contributed by atoms with E-state index in [4.69, 9.17) is 5.73 Å². The molecule has 2 N–H and O–H groups in total. The maximum absolute atomic E-state index is 6.00. The van der Waals surface area contributed by atoms with Gasteiger partial charge >= 0.3 is 0 Å². The van der Waals surface area contributed by atoms with E-state index in [0.717, 1.165) is 27.4 Å². The first kappa shape index (κ1) is 11.7. The van der Waals surface area contributed by atoms with Crippen molar-refractivity contribution in [2.45, 2.75) is 13.8 Å². The molecule has 0 saturated heterocycles. The first-order valence-corrected chi connectivity index (χ1v) is 6.27. The van der Waals surface area contributed by atoms with E-state index in [0.29, 0.717) is 5.82 Å². The van der Waals surface area contributed by atoms with Crippen LogP contribution in [0.15, 0.2) is 36.5 Å². The lowest BCUT2D eigenvalue weighted by atomic mass is 10.1. The van der Waals surface area contributed by atoms with Crippen LogP contribution in [-0.2, 0) is 0 Å². The number of allylic oxidation sites excluding steroid dienone is 1. The predicted molar refractivity (Wildman–Crippen MR) is 80.9 cm³/mol. The Hall–Kier alpha value is -2.42. The molecule has 3 nitrogen and oxygen atoms in total. The molecule has 0 unspecified atom stereocenters. The van der Waals surface area contributed by atoms with Gasteiger partial charge in [0.1, 0.15) is 5.52 Å². The number of aromatic nitrogens is 2. The number of nitrogens with zero attached hydrogens (tertiary/aromatic N) is 2. The highest BCUT2D eigenvalue weighted by Crippen LogP contribution is 2.27. The second kappa shape index (κ2) is 4.35. The lowest BCUT2D eigenvalue weighted by molar-refractivity contribution is 1.35. The topological polar surface area (TPSA) is 51.8 Å². The minimum Gasteiger partial charge on any atom is -0.382 e. The van der Waals surface area contributed by atoms with Gasteiger partial charge in [-0.15, -0.1) is 0 Å². The minimum absolute atomic E-state index is 0.486. The average molecular weight is 249 g/mol. The van der Waals surface area contributed by atoms with E-state index in [1.807, 2.05) is 31.3 Å². The third-order valence-electron chi connectivity index (χ3n) is 3.19. The summed E-state index contributed by atoms with van der Waals surface area (Å²) in [4.78, 5) is 8.87. The van der Waals surface area contributed by atoms with Gasteiger partial charge in [-0.1, -0.05) is 24.3 Å². The Morgan fingerprint density at radius 2 is 2.00 bits per heavy atom. The zero-order chi connectivity index (χ0) is 13.4.